The van der Waals surface area contributed by atoms with E-state index < -0.39 is 24.3 Å². The van der Waals surface area contributed by atoms with E-state index >= 15 is 0 Å². The van der Waals surface area contributed by atoms with Crippen molar-refractivity contribution in [2.75, 3.05) is 11.9 Å². The number of halogens is 1. The minimum absolute atomic E-state index is 0.0637. The van der Waals surface area contributed by atoms with Crippen molar-refractivity contribution in [1.29, 1.82) is 0 Å². The Morgan fingerprint density at radius 1 is 0.912 bits per heavy atom. The summed E-state index contributed by atoms with van der Waals surface area (Å²) >= 11 is 0. The second-order valence-corrected chi connectivity index (χ2v) is 7.76. The monoisotopic (exact) mass is 457 g/mol. The van der Waals surface area contributed by atoms with E-state index in [-0.39, 0.29) is 39.7 Å². The molecule has 0 unspecified atom stereocenters. The zero-order chi connectivity index (χ0) is 24.0. The Morgan fingerprint density at radius 2 is 1.59 bits per heavy atom. The van der Waals surface area contributed by atoms with Gasteiger partial charge in [-0.1, -0.05) is 36.4 Å². The van der Waals surface area contributed by atoms with Gasteiger partial charge in [-0.25, -0.2) is 9.18 Å². The first-order valence-corrected chi connectivity index (χ1v) is 10.3. The summed E-state index contributed by atoms with van der Waals surface area (Å²) in [5.74, 6) is -2.96. The van der Waals surface area contributed by atoms with Gasteiger partial charge in [0.15, 0.2) is 29.6 Å². The second-order valence-electron chi connectivity index (χ2n) is 7.76. The van der Waals surface area contributed by atoms with Gasteiger partial charge in [0.2, 0.25) is 5.76 Å². The molecule has 168 valence electrons. The predicted octanol–water partition coefficient (Wildman–Crippen LogP) is 4.45. The maximum atomic E-state index is 13.9. The number of ether oxygens (including phenoxy) is 1. The van der Waals surface area contributed by atoms with Crippen molar-refractivity contribution in [3.8, 4) is 0 Å². The molecule has 0 bridgehead atoms. The lowest BCUT2D eigenvalue weighted by Crippen LogP contribution is -2.23. The van der Waals surface area contributed by atoms with Crippen LogP contribution in [0.2, 0.25) is 0 Å². The molecule has 1 aromatic heterocycles. The number of ketones is 2. The fourth-order valence-electron chi connectivity index (χ4n) is 3.97. The maximum absolute atomic E-state index is 13.9. The van der Waals surface area contributed by atoms with Crippen LogP contribution >= 0.6 is 0 Å². The molecule has 0 saturated heterocycles. The van der Waals surface area contributed by atoms with Gasteiger partial charge >= 0.3 is 5.97 Å². The Balaban J connectivity index is 1.29. The summed E-state index contributed by atoms with van der Waals surface area (Å²) in [6, 6.07) is 15.2. The molecule has 1 N–H and O–H groups in total. The van der Waals surface area contributed by atoms with Crippen LogP contribution in [0.5, 0.6) is 0 Å². The molecular formula is C26H16FNO6. The van der Waals surface area contributed by atoms with Crippen LogP contribution in [0.1, 0.15) is 48.0 Å². The zero-order valence-corrected chi connectivity index (χ0v) is 17.8. The second kappa shape index (κ2) is 8.08. The number of benzene rings is 3. The summed E-state index contributed by atoms with van der Waals surface area (Å²) in [4.78, 5) is 50.2. The molecule has 0 radical (unpaired) electrons. The lowest BCUT2D eigenvalue weighted by atomic mass is 9.84. The smallest absolute Gasteiger partial charge is 0.375 e. The van der Waals surface area contributed by atoms with Crippen LogP contribution in [0.25, 0.3) is 11.0 Å². The third kappa shape index (κ3) is 3.45. The number of fused-ring (bicyclic) bond motifs is 3. The highest BCUT2D eigenvalue weighted by Crippen LogP contribution is 2.30. The van der Waals surface area contributed by atoms with Gasteiger partial charge in [-0.2, -0.15) is 0 Å². The molecule has 0 saturated carbocycles. The Labute approximate surface area is 192 Å². The molecule has 0 aliphatic heterocycles. The lowest BCUT2D eigenvalue weighted by molar-refractivity contribution is -0.119. The molecule has 7 nitrogen and oxygen atoms in total. The maximum Gasteiger partial charge on any atom is 0.375 e. The van der Waals surface area contributed by atoms with Crippen LogP contribution in [-0.4, -0.2) is 30.0 Å². The molecule has 1 amide bonds. The van der Waals surface area contributed by atoms with E-state index in [1.165, 1.54) is 30.3 Å². The number of esters is 1. The Morgan fingerprint density at radius 3 is 2.29 bits per heavy atom. The zero-order valence-electron chi connectivity index (χ0n) is 17.8. The first-order valence-electron chi connectivity index (χ1n) is 10.3. The first-order chi connectivity index (χ1) is 16.3. The lowest BCUT2D eigenvalue weighted by Gasteiger charge is -2.18. The number of para-hydroxylation sites is 1. The van der Waals surface area contributed by atoms with E-state index in [9.17, 15) is 23.6 Å². The number of amides is 1. The highest BCUT2D eigenvalue weighted by molar-refractivity contribution is 6.28. The standard InChI is InChI=1S/C26H16FNO6/c1-13-15-7-4-8-20(27)25(15)34-24(13)26(32)33-12-21(29)28-14-9-10-18-19(11-14)23(31)17-6-3-2-5-16(17)22(18)30/h2-11H,12H2,1H3,(H,28,29). The molecule has 0 fully saturated rings. The van der Waals surface area contributed by atoms with E-state index in [1.807, 2.05) is 0 Å². The van der Waals surface area contributed by atoms with Crippen molar-refractivity contribution in [1.82, 2.24) is 0 Å². The number of furan rings is 1. The molecule has 3 aromatic carbocycles. The Hall–Kier alpha value is -4.59. The van der Waals surface area contributed by atoms with E-state index in [0.717, 1.165) is 0 Å². The summed E-state index contributed by atoms with van der Waals surface area (Å²) in [6.45, 7) is 0.954. The van der Waals surface area contributed by atoms with Crippen molar-refractivity contribution < 1.29 is 32.7 Å². The van der Waals surface area contributed by atoms with Crippen molar-refractivity contribution >= 4 is 40.1 Å². The van der Waals surface area contributed by atoms with Gasteiger partial charge in [0, 0.05) is 38.9 Å². The quantitative estimate of drug-likeness (QED) is 0.400. The van der Waals surface area contributed by atoms with Crippen molar-refractivity contribution in [2.24, 2.45) is 0 Å². The minimum Gasteiger partial charge on any atom is -0.450 e. The van der Waals surface area contributed by atoms with Crippen LogP contribution < -0.4 is 5.32 Å². The highest BCUT2D eigenvalue weighted by atomic mass is 19.1. The number of rotatable bonds is 4. The average molecular weight is 457 g/mol. The summed E-state index contributed by atoms with van der Waals surface area (Å²) in [5.41, 5.74) is 1.67. The van der Waals surface area contributed by atoms with Crippen molar-refractivity contribution in [3.63, 3.8) is 0 Å². The van der Waals surface area contributed by atoms with E-state index in [0.29, 0.717) is 22.1 Å². The number of carbonyl (C=O) groups excluding carboxylic acids is 4. The summed E-state index contributed by atoms with van der Waals surface area (Å²) in [5, 5.41) is 2.97. The SMILES string of the molecule is Cc1c(C(=O)OCC(=O)Nc2ccc3c(c2)C(=O)c2ccccc2C3=O)oc2c(F)cccc12. The fraction of sp³-hybridized carbons (Fsp3) is 0.0769. The van der Waals surface area contributed by atoms with Gasteiger partial charge in [0.25, 0.3) is 5.91 Å². The van der Waals surface area contributed by atoms with Gasteiger partial charge in [-0.05, 0) is 31.2 Å². The number of hydrogen-bond donors (Lipinski definition) is 1. The topological polar surface area (TPSA) is 103 Å². The normalized spacial score (nSPS) is 12.3. The van der Waals surface area contributed by atoms with Gasteiger partial charge < -0.3 is 14.5 Å². The molecule has 8 heteroatoms. The summed E-state index contributed by atoms with van der Waals surface area (Å²) in [6.07, 6.45) is 0. The van der Waals surface area contributed by atoms with E-state index in [4.69, 9.17) is 9.15 Å². The number of carbonyl (C=O) groups is 4. The van der Waals surface area contributed by atoms with Crippen LogP contribution in [0.3, 0.4) is 0 Å². The highest BCUT2D eigenvalue weighted by Gasteiger charge is 2.29. The number of aryl methyl sites for hydroxylation is 1. The van der Waals surface area contributed by atoms with Gasteiger partial charge in [-0.15, -0.1) is 0 Å². The molecule has 0 spiro atoms. The molecule has 1 aliphatic rings. The molecule has 5 rings (SSSR count). The third-order valence-electron chi connectivity index (χ3n) is 5.64. The van der Waals surface area contributed by atoms with Crippen LogP contribution in [0.15, 0.2) is 65.1 Å². The van der Waals surface area contributed by atoms with Crippen LogP contribution in [0.4, 0.5) is 10.1 Å². The molecule has 34 heavy (non-hydrogen) atoms. The Kier molecular flexibility index (Phi) is 5.05. The molecule has 0 atom stereocenters. The summed E-state index contributed by atoms with van der Waals surface area (Å²) in [7, 11) is 0. The minimum atomic E-state index is -0.911. The van der Waals surface area contributed by atoms with Crippen molar-refractivity contribution in [2.45, 2.75) is 6.92 Å². The van der Waals surface area contributed by atoms with E-state index in [1.54, 1.807) is 37.3 Å². The van der Waals surface area contributed by atoms with E-state index in [2.05, 4.69) is 5.32 Å². The van der Waals surface area contributed by atoms with Gasteiger partial charge in [-0.3, -0.25) is 14.4 Å². The van der Waals surface area contributed by atoms with Crippen LogP contribution in [-0.2, 0) is 9.53 Å². The fourth-order valence-corrected chi connectivity index (χ4v) is 3.97. The predicted molar refractivity (Wildman–Crippen MR) is 120 cm³/mol. The Bertz CT molecular complexity index is 1530. The molecule has 1 aliphatic carbocycles. The first kappa shape index (κ1) is 21.3. The third-order valence-corrected chi connectivity index (χ3v) is 5.64. The molecule has 4 aromatic rings. The van der Waals surface area contributed by atoms with Gasteiger partial charge in [0.05, 0.1) is 0 Å². The summed E-state index contributed by atoms with van der Waals surface area (Å²) < 4.78 is 24.2. The number of anilines is 1. The van der Waals surface area contributed by atoms with Crippen molar-refractivity contribution in [3.05, 3.63) is 100 Å². The van der Waals surface area contributed by atoms with Crippen LogP contribution in [0, 0.1) is 12.7 Å². The largest absolute Gasteiger partial charge is 0.450 e. The average Bonchev–Trinajstić information content (AvgIpc) is 3.19. The van der Waals surface area contributed by atoms with Gasteiger partial charge in [0.1, 0.15) is 0 Å². The molecular weight excluding hydrogens is 441 g/mol. The molecule has 1 heterocycles. The number of nitrogens with one attached hydrogen (secondary N) is 1. The number of hydrogen-bond acceptors (Lipinski definition) is 6.